The fraction of sp³-hybridized carbons (Fsp3) is 0.250. The Morgan fingerprint density at radius 3 is 2.67 bits per heavy atom. The number of nitrogens with one attached hydrogen (secondary N) is 2. The summed E-state index contributed by atoms with van der Waals surface area (Å²) in [5, 5.41) is 3.27. The third-order valence-electron chi connectivity index (χ3n) is 4.38. The van der Waals surface area contributed by atoms with Crippen LogP contribution in [-0.4, -0.2) is 29.1 Å². The summed E-state index contributed by atoms with van der Waals surface area (Å²) in [6.07, 6.45) is 0.791. The summed E-state index contributed by atoms with van der Waals surface area (Å²) in [6, 6.07) is 14.5. The number of carbonyl (C=O) groups is 1. The molecule has 1 heterocycles. The first-order valence-corrected chi connectivity index (χ1v) is 8.70. The molecule has 3 rings (SSSR count). The average Bonchev–Trinajstić information content (AvgIpc) is 2.68. The standard InChI is InChI=1S/C20H21N3O4/c1-27-17-9-5-2-6-14(17)10-12-21-18(24)11-13-23-16-8-4-3-7-15(16)19(25)22-20(23)26/h2-9H,10-13H2,1H3,(H,21,24)(H,22,25,26). The van der Waals surface area contributed by atoms with Crippen molar-refractivity contribution in [2.45, 2.75) is 19.4 Å². The highest BCUT2D eigenvalue weighted by Gasteiger charge is 2.09. The Kier molecular flexibility index (Phi) is 5.71. The van der Waals surface area contributed by atoms with Crippen LogP contribution in [0.5, 0.6) is 5.75 Å². The van der Waals surface area contributed by atoms with E-state index in [1.54, 1.807) is 31.4 Å². The van der Waals surface area contributed by atoms with E-state index in [0.717, 1.165) is 11.3 Å². The van der Waals surface area contributed by atoms with Crippen LogP contribution in [0.2, 0.25) is 0 Å². The maximum Gasteiger partial charge on any atom is 0.328 e. The Bertz CT molecular complexity index is 1070. The van der Waals surface area contributed by atoms with Crippen molar-refractivity contribution in [1.29, 1.82) is 0 Å². The van der Waals surface area contributed by atoms with Gasteiger partial charge in [-0.1, -0.05) is 30.3 Å². The second kappa shape index (κ2) is 8.35. The number of rotatable bonds is 7. The number of methoxy groups -OCH3 is 1. The molecule has 3 aromatic rings. The maximum atomic E-state index is 12.1. The molecule has 2 N–H and O–H groups in total. The van der Waals surface area contributed by atoms with Crippen molar-refractivity contribution in [1.82, 2.24) is 14.9 Å². The van der Waals surface area contributed by atoms with E-state index in [-0.39, 0.29) is 18.9 Å². The van der Waals surface area contributed by atoms with Crippen molar-refractivity contribution in [3.05, 3.63) is 74.9 Å². The van der Waals surface area contributed by atoms with Crippen LogP contribution in [0, 0.1) is 0 Å². The van der Waals surface area contributed by atoms with Gasteiger partial charge in [-0.05, 0) is 30.2 Å². The summed E-state index contributed by atoms with van der Waals surface area (Å²) in [5.41, 5.74) is 0.602. The van der Waals surface area contributed by atoms with Crippen LogP contribution in [0.15, 0.2) is 58.1 Å². The van der Waals surface area contributed by atoms with Gasteiger partial charge < -0.3 is 10.1 Å². The molecule has 0 atom stereocenters. The van der Waals surface area contributed by atoms with E-state index in [0.29, 0.717) is 23.9 Å². The van der Waals surface area contributed by atoms with Gasteiger partial charge in [0.2, 0.25) is 5.91 Å². The molecule has 1 aromatic heterocycles. The van der Waals surface area contributed by atoms with Crippen molar-refractivity contribution in [3.63, 3.8) is 0 Å². The molecule has 0 aliphatic rings. The molecule has 0 radical (unpaired) electrons. The number of ether oxygens (including phenoxy) is 1. The van der Waals surface area contributed by atoms with Crippen LogP contribution in [0.4, 0.5) is 0 Å². The molecule has 27 heavy (non-hydrogen) atoms. The number of aromatic nitrogens is 2. The molecule has 0 bridgehead atoms. The first kappa shape index (κ1) is 18.4. The highest BCUT2D eigenvalue weighted by molar-refractivity contribution is 5.78. The predicted octanol–water partition coefficient (Wildman–Crippen LogP) is 1.45. The van der Waals surface area contributed by atoms with Crippen molar-refractivity contribution in [2.24, 2.45) is 0 Å². The number of amides is 1. The largest absolute Gasteiger partial charge is 0.496 e. The molecular weight excluding hydrogens is 346 g/mol. The molecular formula is C20H21N3O4. The van der Waals surface area contributed by atoms with Gasteiger partial charge in [0.25, 0.3) is 5.56 Å². The predicted molar refractivity (Wildman–Crippen MR) is 103 cm³/mol. The lowest BCUT2D eigenvalue weighted by Gasteiger charge is -2.11. The van der Waals surface area contributed by atoms with Crippen LogP contribution in [0.1, 0.15) is 12.0 Å². The van der Waals surface area contributed by atoms with Gasteiger partial charge in [-0.2, -0.15) is 0 Å². The van der Waals surface area contributed by atoms with Gasteiger partial charge in [0, 0.05) is 19.5 Å². The number of hydrogen-bond acceptors (Lipinski definition) is 4. The van der Waals surface area contributed by atoms with Gasteiger partial charge in [0.1, 0.15) is 5.75 Å². The molecule has 1 amide bonds. The van der Waals surface area contributed by atoms with Gasteiger partial charge in [-0.25, -0.2) is 4.79 Å². The number of fused-ring (bicyclic) bond motifs is 1. The lowest BCUT2D eigenvalue weighted by atomic mass is 10.1. The Labute approximate surface area is 155 Å². The highest BCUT2D eigenvalue weighted by Crippen LogP contribution is 2.17. The van der Waals surface area contributed by atoms with Gasteiger partial charge in [-0.3, -0.25) is 19.1 Å². The number of hydrogen-bond donors (Lipinski definition) is 2. The third-order valence-corrected chi connectivity index (χ3v) is 4.38. The second-order valence-electron chi connectivity index (χ2n) is 6.09. The number of benzene rings is 2. The van der Waals surface area contributed by atoms with Crippen LogP contribution < -0.4 is 21.3 Å². The maximum absolute atomic E-state index is 12.1. The van der Waals surface area contributed by atoms with Gasteiger partial charge >= 0.3 is 5.69 Å². The van der Waals surface area contributed by atoms with Crippen molar-refractivity contribution in [2.75, 3.05) is 13.7 Å². The quantitative estimate of drug-likeness (QED) is 0.661. The van der Waals surface area contributed by atoms with Crippen LogP contribution in [0.25, 0.3) is 10.9 Å². The first-order chi connectivity index (χ1) is 13.1. The molecule has 7 nitrogen and oxygen atoms in total. The number of carbonyl (C=O) groups excluding carboxylic acids is 1. The van der Waals surface area contributed by atoms with E-state index in [4.69, 9.17) is 4.74 Å². The fourth-order valence-electron chi connectivity index (χ4n) is 3.01. The van der Waals surface area contributed by atoms with Crippen LogP contribution in [-0.2, 0) is 17.8 Å². The van der Waals surface area contributed by atoms with Crippen LogP contribution in [0.3, 0.4) is 0 Å². The Morgan fingerprint density at radius 2 is 1.85 bits per heavy atom. The number of nitrogens with zero attached hydrogens (tertiary/aromatic N) is 1. The highest BCUT2D eigenvalue weighted by atomic mass is 16.5. The van der Waals surface area contributed by atoms with Crippen LogP contribution >= 0.6 is 0 Å². The minimum Gasteiger partial charge on any atom is -0.496 e. The van der Waals surface area contributed by atoms with Gasteiger partial charge in [-0.15, -0.1) is 0 Å². The zero-order valence-corrected chi connectivity index (χ0v) is 15.0. The fourth-order valence-corrected chi connectivity index (χ4v) is 3.01. The summed E-state index contributed by atoms with van der Waals surface area (Å²) < 4.78 is 6.71. The van der Waals surface area contributed by atoms with E-state index < -0.39 is 11.2 Å². The second-order valence-corrected chi connectivity index (χ2v) is 6.09. The third kappa shape index (κ3) is 4.25. The molecule has 0 saturated carbocycles. The molecule has 7 heteroatoms. The van der Waals surface area contributed by atoms with E-state index >= 15 is 0 Å². The molecule has 0 aliphatic carbocycles. The summed E-state index contributed by atoms with van der Waals surface area (Å²) in [4.78, 5) is 38.4. The Morgan fingerprint density at radius 1 is 1.11 bits per heavy atom. The van der Waals surface area contributed by atoms with E-state index in [1.807, 2.05) is 24.3 Å². The van der Waals surface area contributed by atoms with Gasteiger partial charge in [0.15, 0.2) is 0 Å². The van der Waals surface area contributed by atoms with E-state index in [1.165, 1.54) is 4.57 Å². The van der Waals surface area contributed by atoms with Crippen molar-refractivity contribution in [3.8, 4) is 5.75 Å². The zero-order chi connectivity index (χ0) is 19.2. The lowest BCUT2D eigenvalue weighted by Crippen LogP contribution is -2.33. The van der Waals surface area contributed by atoms with Crippen molar-refractivity contribution >= 4 is 16.8 Å². The van der Waals surface area contributed by atoms with Gasteiger partial charge in [0.05, 0.1) is 18.0 Å². The minimum atomic E-state index is -0.513. The number of aryl methyl sites for hydroxylation is 1. The molecule has 140 valence electrons. The molecule has 0 unspecified atom stereocenters. The average molecular weight is 367 g/mol. The number of aromatic amines is 1. The molecule has 0 aliphatic heterocycles. The summed E-state index contributed by atoms with van der Waals surface area (Å²) in [6.45, 7) is 0.664. The number of H-pyrrole nitrogens is 1. The number of para-hydroxylation sites is 2. The van der Waals surface area contributed by atoms with E-state index in [2.05, 4.69) is 10.3 Å². The normalized spacial score (nSPS) is 10.7. The smallest absolute Gasteiger partial charge is 0.328 e. The summed E-state index contributed by atoms with van der Waals surface area (Å²) in [7, 11) is 1.61. The molecule has 2 aromatic carbocycles. The SMILES string of the molecule is COc1ccccc1CCNC(=O)CCn1c(=O)[nH]c(=O)c2ccccc21. The lowest BCUT2D eigenvalue weighted by molar-refractivity contribution is -0.121. The molecule has 0 saturated heterocycles. The molecule has 0 spiro atoms. The summed E-state index contributed by atoms with van der Waals surface area (Å²) >= 11 is 0. The topological polar surface area (TPSA) is 93.2 Å². The zero-order valence-electron chi connectivity index (χ0n) is 15.0. The Hall–Kier alpha value is -3.35. The van der Waals surface area contributed by atoms with E-state index in [9.17, 15) is 14.4 Å². The molecule has 0 fully saturated rings. The first-order valence-electron chi connectivity index (χ1n) is 8.70. The van der Waals surface area contributed by atoms with Crippen molar-refractivity contribution < 1.29 is 9.53 Å². The summed E-state index contributed by atoms with van der Waals surface area (Å²) in [5.74, 6) is 0.630. The minimum absolute atomic E-state index is 0.141. The monoisotopic (exact) mass is 367 g/mol. The Balaban J connectivity index is 1.61.